The molecule has 0 aliphatic rings. The summed E-state index contributed by atoms with van der Waals surface area (Å²) in [7, 11) is 1.91. The Morgan fingerprint density at radius 2 is 2.20 bits per heavy atom. The summed E-state index contributed by atoms with van der Waals surface area (Å²) in [4.78, 5) is 1.16. The zero-order valence-corrected chi connectivity index (χ0v) is 12.2. The average molecular weight is 289 g/mol. The van der Waals surface area contributed by atoms with Crippen LogP contribution in [0.25, 0.3) is 10.1 Å². The molecule has 5 heteroatoms. The molecule has 0 radical (unpaired) electrons. The lowest BCUT2D eigenvalue weighted by molar-refractivity contribution is 0.607. The molecule has 1 unspecified atom stereocenters. The molecule has 104 valence electrons. The first kappa shape index (κ1) is 13.3. The largest absolute Gasteiger partial charge is 0.305 e. The van der Waals surface area contributed by atoms with Crippen LogP contribution in [-0.4, -0.2) is 16.3 Å². The van der Waals surface area contributed by atoms with E-state index in [-0.39, 0.29) is 11.9 Å². The zero-order valence-electron chi connectivity index (χ0n) is 11.4. The van der Waals surface area contributed by atoms with E-state index in [2.05, 4.69) is 23.4 Å². The highest BCUT2D eigenvalue weighted by Gasteiger charge is 2.18. The molecule has 2 aromatic heterocycles. The molecule has 0 fully saturated rings. The number of aryl methyl sites for hydroxylation is 1. The Labute approximate surface area is 121 Å². The monoisotopic (exact) mass is 289 g/mol. The van der Waals surface area contributed by atoms with E-state index >= 15 is 0 Å². The number of nitrogens with zero attached hydrogens (tertiary/aromatic N) is 2. The second kappa shape index (κ2) is 5.34. The standard InChI is InChI=1S/C15H16FN3S/c1-3-17-15(12-6-7-19(2)18-12)14-8-10-4-5-11(16)9-13(10)20-14/h4-9,15,17H,3H2,1-2H3. The van der Waals surface area contributed by atoms with Crippen molar-refractivity contribution in [2.24, 2.45) is 7.05 Å². The van der Waals surface area contributed by atoms with Crippen molar-refractivity contribution in [3.8, 4) is 0 Å². The summed E-state index contributed by atoms with van der Waals surface area (Å²) in [5, 5.41) is 9.00. The van der Waals surface area contributed by atoms with E-state index in [9.17, 15) is 4.39 Å². The van der Waals surface area contributed by atoms with Gasteiger partial charge in [0.2, 0.25) is 0 Å². The Morgan fingerprint density at radius 1 is 1.35 bits per heavy atom. The van der Waals surface area contributed by atoms with Crippen molar-refractivity contribution in [2.75, 3.05) is 6.54 Å². The van der Waals surface area contributed by atoms with E-state index in [1.54, 1.807) is 22.1 Å². The number of thiophene rings is 1. The second-order valence-electron chi connectivity index (χ2n) is 4.74. The third-order valence-corrected chi connectivity index (χ3v) is 4.39. The first-order valence-corrected chi connectivity index (χ1v) is 7.41. The van der Waals surface area contributed by atoms with Gasteiger partial charge in [-0.15, -0.1) is 11.3 Å². The van der Waals surface area contributed by atoms with Gasteiger partial charge in [0.1, 0.15) is 5.82 Å². The Balaban J connectivity index is 2.04. The van der Waals surface area contributed by atoms with E-state index in [1.807, 2.05) is 25.4 Å². The number of rotatable bonds is 4. The highest BCUT2D eigenvalue weighted by atomic mass is 32.1. The van der Waals surface area contributed by atoms with Crippen molar-refractivity contribution in [2.45, 2.75) is 13.0 Å². The van der Waals surface area contributed by atoms with Crippen molar-refractivity contribution >= 4 is 21.4 Å². The molecule has 2 heterocycles. The van der Waals surface area contributed by atoms with Crippen LogP contribution in [0.4, 0.5) is 4.39 Å². The van der Waals surface area contributed by atoms with Crippen molar-refractivity contribution < 1.29 is 4.39 Å². The minimum atomic E-state index is -0.191. The fraction of sp³-hybridized carbons (Fsp3) is 0.267. The highest BCUT2D eigenvalue weighted by Crippen LogP contribution is 2.33. The smallest absolute Gasteiger partial charge is 0.124 e. The predicted molar refractivity (Wildman–Crippen MR) is 80.5 cm³/mol. The van der Waals surface area contributed by atoms with Crippen LogP contribution in [0, 0.1) is 5.82 Å². The van der Waals surface area contributed by atoms with Crippen LogP contribution in [0.3, 0.4) is 0 Å². The lowest BCUT2D eigenvalue weighted by atomic mass is 10.1. The van der Waals surface area contributed by atoms with E-state index in [1.165, 1.54) is 6.07 Å². The zero-order chi connectivity index (χ0) is 14.1. The van der Waals surface area contributed by atoms with Gasteiger partial charge in [-0.2, -0.15) is 5.10 Å². The lowest BCUT2D eigenvalue weighted by Gasteiger charge is -2.13. The van der Waals surface area contributed by atoms with Crippen LogP contribution in [0.15, 0.2) is 36.5 Å². The molecule has 3 aromatic rings. The molecule has 0 aliphatic heterocycles. The molecule has 1 aromatic carbocycles. The van der Waals surface area contributed by atoms with Crippen LogP contribution >= 0.6 is 11.3 Å². The normalized spacial score (nSPS) is 12.9. The van der Waals surface area contributed by atoms with Crippen molar-refractivity contribution in [3.63, 3.8) is 0 Å². The molecular formula is C15H16FN3S. The third-order valence-electron chi connectivity index (χ3n) is 3.22. The second-order valence-corrected chi connectivity index (χ2v) is 5.85. The van der Waals surface area contributed by atoms with Gasteiger partial charge in [0.25, 0.3) is 0 Å². The summed E-state index contributed by atoms with van der Waals surface area (Å²) in [5.74, 6) is -0.191. The van der Waals surface area contributed by atoms with Crippen LogP contribution in [-0.2, 0) is 7.05 Å². The average Bonchev–Trinajstić information content (AvgIpc) is 3.01. The molecule has 0 bridgehead atoms. The maximum absolute atomic E-state index is 13.3. The van der Waals surface area contributed by atoms with Crippen molar-refractivity contribution in [3.05, 3.63) is 52.9 Å². The molecule has 3 rings (SSSR count). The van der Waals surface area contributed by atoms with Gasteiger partial charge in [-0.1, -0.05) is 13.0 Å². The topological polar surface area (TPSA) is 29.9 Å². The first-order valence-electron chi connectivity index (χ1n) is 6.59. The fourth-order valence-electron chi connectivity index (χ4n) is 2.31. The quantitative estimate of drug-likeness (QED) is 0.797. The van der Waals surface area contributed by atoms with E-state index in [0.717, 1.165) is 27.2 Å². The Kier molecular flexibility index (Phi) is 3.54. The molecule has 0 amide bonds. The van der Waals surface area contributed by atoms with Gasteiger partial charge in [-0.25, -0.2) is 4.39 Å². The number of nitrogens with one attached hydrogen (secondary N) is 1. The van der Waals surface area contributed by atoms with Crippen LogP contribution in [0.5, 0.6) is 0 Å². The Hall–Kier alpha value is -1.72. The van der Waals surface area contributed by atoms with Crippen LogP contribution < -0.4 is 5.32 Å². The minimum Gasteiger partial charge on any atom is -0.305 e. The maximum Gasteiger partial charge on any atom is 0.124 e. The van der Waals surface area contributed by atoms with Crippen molar-refractivity contribution in [1.29, 1.82) is 0 Å². The number of hydrogen-bond donors (Lipinski definition) is 1. The predicted octanol–water partition coefficient (Wildman–Crippen LogP) is 3.47. The SMILES string of the molecule is CCNC(c1ccn(C)n1)c1cc2ccc(F)cc2s1. The van der Waals surface area contributed by atoms with Crippen LogP contribution in [0.1, 0.15) is 23.5 Å². The minimum absolute atomic E-state index is 0.0571. The molecule has 20 heavy (non-hydrogen) atoms. The van der Waals surface area contributed by atoms with Gasteiger partial charge >= 0.3 is 0 Å². The van der Waals surface area contributed by atoms with Crippen LogP contribution in [0.2, 0.25) is 0 Å². The third kappa shape index (κ3) is 2.46. The summed E-state index contributed by atoms with van der Waals surface area (Å²) in [5.41, 5.74) is 0.987. The molecule has 1 N–H and O–H groups in total. The summed E-state index contributed by atoms with van der Waals surface area (Å²) in [6.45, 7) is 2.92. The Bertz CT molecular complexity index is 732. The number of halogens is 1. The molecule has 0 spiro atoms. The maximum atomic E-state index is 13.3. The fourth-order valence-corrected chi connectivity index (χ4v) is 3.49. The lowest BCUT2D eigenvalue weighted by Crippen LogP contribution is -2.21. The van der Waals surface area contributed by atoms with Gasteiger partial charge in [-0.05, 0) is 36.2 Å². The molecule has 0 aliphatic carbocycles. The number of benzene rings is 1. The van der Waals surface area contributed by atoms with E-state index in [0.29, 0.717) is 0 Å². The van der Waals surface area contributed by atoms with E-state index < -0.39 is 0 Å². The summed E-state index contributed by atoms with van der Waals surface area (Å²) in [6, 6.07) is 9.10. The molecule has 1 atom stereocenters. The summed E-state index contributed by atoms with van der Waals surface area (Å²) >= 11 is 1.61. The van der Waals surface area contributed by atoms with Gasteiger partial charge in [0, 0.05) is 22.8 Å². The molecule has 0 saturated carbocycles. The Morgan fingerprint density at radius 3 is 2.90 bits per heavy atom. The summed E-state index contributed by atoms with van der Waals surface area (Å²) < 4.78 is 16.1. The van der Waals surface area contributed by atoms with Gasteiger partial charge in [0.15, 0.2) is 0 Å². The van der Waals surface area contributed by atoms with Gasteiger partial charge < -0.3 is 5.32 Å². The van der Waals surface area contributed by atoms with Gasteiger partial charge in [-0.3, -0.25) is 4.68 Å². The number of hydrogen-bond acceptors (Lipinski definition) is 3. The summed E-state index contributed by atoms with van der Waals surface area (Å²) in [6.07, 6.45) is 1.94. The number of aromatic nitrogens is 2. The van der Waals surface area contributed by atoms with E-state index in [4.69, 9.17) is 0 Å². The van der Waals surface area contributed by atoms with Gasteiger partial charge in [0.05, 0.1) is 11.7 Å². The van der Waals surface area contributed by atoms with Crippen molar-refractivity contribution in [1.82, 2.24) is 15.1 Å². The number of fused-ring (bicyclic) bond motifs is 1. The first-order chi connectivity index (χ1) is 9.67. The molecular weight excluding hydrogens is 273 g/mol. The molecule has 3 nitrogen and oxygen atoms in total. The molecule has 0 saturated heterocycles. The highest BCUT2D eigenvalue weighted by molar-refractivity contribution is 7.19.